The summed E-state index contributed by atoms with van der Waals surface area (Å²) in [7, 11) is 0. The number of carbonyl (C=O) groups excluding carboxylic acids is 1. The molecule has 2 aromatic rings. The maximum atomic E-state index is 12.0. The molecule has 0 fully saturated rings. The van der Waals surface area contributed by atoms with Gasteiger partial charge in [-0.1, -0.05) is 6.07 Å². The molecule has 5 heteroatoms. The number of hydrogen-bond donors (Lipinski definition) is 2. The van der Waals surface area contributed by atoms with Gasteiger partial charge in [-0.25, -0.2) is 0 Å². The molecule has 0 saturated carbocycles. The molecule has 21 heavy (non-hydrogen) atoms. The zero-order chi connectivity index (χ0) is 15.1. The Kier molecular flexibility index (Phi) is 5.40. The summed E-state index contributed by atoms with van der Waals surface area (Å²) in [4.78, 5) is 20.3. The molecular weight excluding hydrogens is 266 g/mol. The van der Waals surface area contributed by atoms with Crippen LogP contribution in [-0.2, 0) is 6.42 Å². The van der Waals surface area contributed by atoms with Crippen LogP contribution in [0.3, 0.4) is 0 Å². The Hall–Kier alpha value is -2.27. The number of aliphatic hydroxyl groups excluding tert-OH is 1. The topological polar surface area (TPSA) is 75.1 Å². The molecule has 2 heterocycles. The number of nitrogens with one attached hydrogen (secondary N) is 1. The highest BCUT2D eigenvalue weighted by Crippen LogP contribution is 2.06. The molecule has 5 nitrogen and oxygen atoms in total. The zero-order valence-corrected chi connectivity index (χ0v) is 12.0. The molecule has 0 aliphatic rings. The number of aromatic nitrogens is 2. The first-order valence-electron chi connectivity index (χ1n) is 6.90. The van der Waals surface area contributed by atoms with Crippen LogP contribution >= 0.6 is 0 Å². The molecule has 0 bridgehead atoms. The largest absolute Gasteiger partial charge is 0.396 e. The van der Waals surface area contributed by atoms with Crippen molar-refractivity contribution in [2.75, 3.05) is 13.2 Å². The Balaban J connectivity index is 1.88. The van der Waals surface area contributed by atoms with E-state index >= 15 is 0 Å². The van der Waals surface area contributed by atoms with E-state index < -0.39 is 0 Å². The van der Waals surface area contributed by atoms with Gasteiger partial charge in [0, 0.05) is 42.9 Å². The lowest BCUT2D eigenvalue weighted by Crippen LogP contribution is -2.32. The third-order valence-electron chi connectivity index (χ3n) is 3.21. The monoisotopic (exact) mass is 285 g/mol. The highest BCUT2D eigenvalue weighted by Gasteiger charge is 2.12. The van der Waals surface area contributed by atoms with Gasteiger partial charge < -0.3 is 10.4 Å². The van der Waals surface area contributed by atoms with E-state index in [9.17, 15) is 9.90 Å². The summed E-state index contributed by atoms with van der Waals surface area (Å²) in [6.45, 7) is 2.28. The number of carbonyl (C=O) groups is 1. The molecule has 110 valence electrons. The summed E-state index contributed by atoms with van der Waals surface area (Å²) in [5, 5.41) is 12.2. The zero-order valence-electron chi connectivity index (χ0n) is 12.0. The molecule has 2 aromatic heterocycles. The van der Waals surface area contributed by atoms with Gasteiger partial charge in [-0.05, 0) is 37.6 Å². The van der Waals surface area contributed by atoms with Crippen molar-refractivity contribution in [3.63, 3.8) is 0 Å². The third kappa shape index (κ3) is 4.65. The van der Waals surface area contributed by atoms with Gasteiger partial charge in [-0.2, -0.15) is 0 Å². The Morgan fingerprint density at radius 1 is 1.29 bits per heavy atom. The summed E-state index contributed by atoms with van der Waals surface area (Å²) in [6.07, 6.45) is 3.90. The van der Waals surface area contributed by atoms with Crippen LogP contribution in [-0.4, -0.2) is 34.1 Å². The maximum Gasteiger partial charge on any atom is 0.252 e. The Bertz CT molecular complexity index is 570. The standard InChI is InChI=1S/C16H19N3O2/c1-12-5-6-14(10-18-12)16(21)19-9-13(11-20)8-15-4-2-3-7-17-15/h2-7,10,13,20H,8-9,11H2,1H3,(H,19,21). The fourth-order valence-corrected chi connectivity index (χ4v) is 1.96. The van der Waals surface area contributed by atoms with Gasteiger partial charge in [-0.15, -0.1) is 0 Å². The third-order valence-corrected chi connectivity index (χ3v) is 3.21. The van der Waals surface area contributed by atoms with E-state index in [1.807, 2.05) is 25.1 Å². The van der Waals surface area contributed by atoms with E-state index in [0.717, 1.165) is 11.4 Å². The quantitative estimate of drug-likeness (QED) is 0.840. The second-order valence-corrected chi connectivity index (χ2v) is 4.97. The summed E-state index contributed by atoms with van der Waals surface area (Å²) < 4.78 is 0. The van der Waals surface area contributed by atoms with Gasteiger partial charge in [0.2, 0.25) is 0 Å². The van der Waals surface area contributed by atoms with Crippen LogP contribution < -0.4 is 5.32 Å². The van der Waals surface area contributed by atoms with E-state index in [-0.39, 0.29) is 18.4 Å². The van der Waals surface area contributed by atoms with Crippen LogP contribution in [0.25, 0.3) is 0 Å². The summed E-state index contributed by atoms with van der Waals surface area (Å²) >= 11 is 0. The van der Waals surface area contributed by atoms with E-state index in [0.29, 0.717) is 18.5 Å². The second-order valence-electron chi connectivity index (χ2n) is 4.97. The molecule has 0 aliphatic heterocycles. The lowest BCUT2D eigenvalue weighted by atomic mass is 10.0. The van der Waals surface area contributed by atoms with Gasteiger partial charge in [0.05, 0.1) is 5.56 Å². The molecule has 2 rings (SSSR count). The summed E-state index contributed by atoms with van der Waals surface area (Å²) in [6, 6.07) is 9.21. The minimum Gasteiger partial charge on any atom is -0.396 e. The van der Waals surface area contributed by atoms with Crippen LogP contribution in [0.2, 0.25) is 0 Å². The Morgan fingerprint density at radius 3 is 2.76 bits per heavy atom. The number of pyridine rings is 2. The van der Waals surface area contributed by atoms with Crippen LogP contribution in [0, 0.1) is 12.8 Å². The molecule has 0 radical (unpaired) electrons. The second kappa shape index (κ2) is 7.50. The van der Waals surface area contributed by atoms with Gasteiger partial charge in [0.25, 0.3) is 5.91 Å². The van der Waals surface area contributed by atoms with Gasteiger partial charge in [0.1, 0.15) is 0 Å². The predicted molar refractivity (Wildman–Crippen MR) is 79.8 cm³/mol. The number of hydrogen-bond acceptors (Lipinski definition) is 4. The molecule has 0 saturated heterocycles. The lowest BCUT2D eigenvalue weighted by molar-refractivity contribution is 0.0939. The Labute approximate surface area is 124 Å². The van der Waals surface area contributed by atoms with Crippen molar-refractivity contribution in [2.45, 2.75) is 13.3 Å². The van der Waals surface area contributed by atoms with Crippen molar-refractivity contribution in [3.8, 4) is 0 Å². The SMILES string of the molecule is Cc1ccc(C(=O)NCC(CO)Cc2ccccn2)cn1. The number of rotatable bonds is 6. The van der Waals surface area contributed by atoms with Gasteiger partial charge >= 0.3 is 0 Å². The van der Waals surface area contributed by atoms with Gasteiger partial charge in [-0.3, -0.25) is 14.8 Å². The summed E-state index contributed by atoms with van der Waals surface area (Å²) in [5.74, 6) is -0.232. The number of aliphatic hydroxyl groups is 1. The average molecular weight is 285 g/mol. The van der Waals surface area contributed by atoms with Crippen LogP contribution in [0.15, 0.2) is 42.7 Å². The molecule has 2 N–H and O–H groups in total. The first kappa shape index (κ1) is 15.1. The van der Waals surface area contributed by atoms with Crippen LogP contribution in [0.5, 0.6) is 0 Å². The maximum absolute atomic E-state index is 12.0. The van der Waals surface area contributed by atoms with Crippen molar-refractivity contribution in [3.05, 3.63) is 59.7 Å². The normalized spacial score (nSPS) is 11.9. The minimum atomic E-state index is -0.179. The number of nitrogens with zero attached hydrogens (tertiary/aromatic N) is 2. The molecule has 0 aliphatic carbocycles. The van der Waals surface area contributed by atoms with Crippen molar-refractivity contribution in [1.29, 1.82) is 0 Å². The number of aryl methyl sites for hydroxylation is 1. The predicted octanol–water partition coefficient (Wildman–Crippen LogP) is 1.37. The summed E-state index contributed by atoms with van der Waals surface area (Å²) in [5.41, 5.74) is 2.30. The van der Waals surface area contributed by atoms with Crippen molar-refractivity contribution >= 4 is 5.91 Å². The van der Waals surface area contributed by atoms with E-state index in [4.69, 9.17) is 0 Å². The first-order chi connectivity index (χ1) is 10.2. The molecule has 1 amide bonds. The molecule has 1 unspecified atom stereocenters. The molecule has 1 atom stereocenters. The smallest absolute Gasteiger partial charge is 0.252 e. The first-order valence-corrected chi connectivity index (χ1v) is 6.90. The van der Waals surface area contributed by atoms with Crippen molar-refractivity contribution in [1.82, 2.24) is 15.3 Å². The molecule has 0 spiro atoms. The van der Waals surface area contributed by atoms with Crippen LogP contribution in [0.4, 0.5) is 0 Å². The van der Waals surface area contributed by atoms with Crippen LogP contribution in [0.1, 0.15) is 21.7 Å². The highest BCUT2D eigenvalue weighted by molar-refractivity contribution is 5.93. The average Bonchev–Trinajstić information content (AvgIpc) is 2.52. The van der Waals surface area contributed by atoms with E-state index in [2.05, 4.69) is 15.3 Å². The van der Waals surface area contributed by atoms with Crippen molar-refractivity contribution in [2.24, 2.45) is 5.92 Å². The molecular formula is C16H19N3O2. The highest BCUT2D eigenvalue weighted by atomic mass is 16.3. The van der Waals surface area contributed by atoms with E-state index in [1.54, 1.807) is 24.5 Å². The minimum absolute atomic E-state index is 0.00298. The van der Waals surface area contributed by atoms with Gasteiger partial charge in [0.15, 0.2) is 0 Å². The van der Waals surface area contributed by atoms with Crippen molar-refractivity contribution < 1.29 is 9.90 Å². The number of amides is 1. The lowest BCUT2D eigenvalue weighted by Gasteiger charge is -2.14. The molecule has 0 aromatic carbocycles. The fraction of sp³-hybridized carbons (Fsp3) is 0.312. The van der Waals surface area contributed by atoms with E-state index in [1.165, 1.54) is 0 Å². The Morgan fingerprint density at radius 2 is 2.14 bits per heavy atom. The fourth-order valence-electron chi connectivity index (χ4n) is 1.96.